The van der Waals surface area contributed by atoms with Gasteiger partial charge in [-0.2, -0.15) is 0 Å². The van der Waals surface area contributed by atoms with Gasteiger partial charge in [-0.25, -0.2) is 15.0 Å². The average molecular weight is 658 g/mol. The summed E-state index contributed by atoms with van der Waals surface area (Å²) in [6, 6.07) is 56.8. The molecule has 0 radical (unpaired) electrons. The Morgan fingerprint density at radius 2 is 0.940 bits per heavy atom. The summed E-state index contributed by atoms with van der Waals surface area (Å²) in [7, 11) is 0. The zero-order chi connectivity index (χ0) is 33.0. The second-order valence-electron chi connectivity index (χ2n) is 12.4. The van der Waals surface area contributed by atoms with Crippen molar-refractivity contribution in [3.63, 3.8) is 0 Å². The first-order valence-corrected chi connectivity index (χ1v) is 17.4. The number of thiophene rings is 1. The first-order chi connectivity index (χ1) is 24.8. The van der Waals surface area contributed by atoms with Crippen LogP contribution in [0.4, 0.5) is 0 Å². The number of aromatic nitrogens is 3. The van der Waals surface area contributed by atoms with Crippen LogP contribution >= 0.6 is 11.3 Å². The van der Waals surface area contributed by atoms with Crippen LogP contribution in [0.15, 0.2) is 168 Å². The van der Waals surface area contributed by atoms with Crippen molar-refractivity contribution >= 4 is 53.4 Å². The zero-order valence-electron chi connectivity index (χ0n) is 26.7. The predicted molar refractivity (Wildman–Crippen MR) is 207 cm³/mol. The Hall–Kier alpha value is -6.43. The molecule has 3 heterocycles. The molecule has 3 aromatic heterocycles. The van der Waals surface area contributed by atoms with E-state index in [2.05, 4.69) is 103 Å². The van der Waals surface area contributed by atoms with Gasteiger partial charge < -0.3 is 4.42 Å². The Labute approximate surface area is 292 Å². The molecule has 0 N–H and O–H groups in total. The molecule has 0 fully saturated rings. The lowest BCUT2D eigenvalue weighted by molar-refractivity contribution is 0.669. The lowest BCUT2D eigenvalue weighted by atomic mass is 9.95. The maximum atomic E-state index is 6.24. The van der Waals surface area contributed by atoms with Crippen LogP contribution in [0.25, 0.3) is 98.5 Å². The minimum atomic E-state index is 0.603. The summed E-state index contributed by atoms with van der Waals surface area (Å²) in [6.45, 7) is 0. The van der Waals surface area contributed by atoms with Crippen molar-refractivity contribution in [1.82, 2.24) is 15.0 Å². The van der Waals surface area contributed by atoms with E-state index in [0.717, 1.165) is 49.8 Å². The van der Waals surface area contributed by atoms with E-state index in [0.29, 0.717) is 17.5 Å². The van der Waals surface area contributed by atoms with Crippen LogP contribution in [0.2, 0.25) is 0 Å². The fraction of sp³-hybridized carbons (Fsp3) is 0. The summed E-state index contributed by atoms with van der Waals surface area (Å²) in [6.07, 6.45) is 0. The van der Waals surface area contributed by atoms with Gasteiger partial charge in [0, 0.05) is 47.6 Å². The highest BCUT2D eigenvalue weighted by Gasteiger charge is 2.19. The number of furan rings is 1. The van der Waals surface area contributed by atoms with Gasteiger partial charge in [-0.15, -0.1) is 11.3 Å². The van der Waals surface area contributed by atoms with Crippen molar-refractivity contribution in [2.24, 2.45) is 0 Å². The molecule has 234 valence electrons. The number of rotatable bonds is 5. The standard InChI is InChI=1S/C45H27N3OS/c1-2-13-28(14-3-1)43-46-44(48-45(47-43)37-23-12-25-39-41(37)36-20-6-8-24-38(36)49-39)35-19-5-4-17-31(35)29-15-10-16-30(27-29)32-21-11-22-34-33-18-7-9-26-40(33)50-42(32)34/h1-27H. The highest BCUT2D eigenvalue weighted by Crippen LogP contribution is 2.42. The van der Waals surface area contributed by atoms with Crippen LogP contribution in [0, 0.1) is 0 Å². The summed E-state index contributed by atoms with van der Waals surface area (Å²) in [5.74, 6) is 1.84. The van der Waals surface area contributed by atoms with Crippen LogP contribution in [0.3, 0.4) is 0 Å². The average Bonchev–Trinajstić information content (AvgIpc) is 3.77. The molecule has 0 spiro atoms. The van der Waals surface area contributed by atoms with E-state index in [1.165, 1.54) is 31.3 Å². The fourth-order valence-electron chi connectivity index (χ4n) is 7.05. The van der Waals surface area contributed by atoms with Gasteiger partial charge in [-0.05, 0) is 46.5 Å². The first-order valence-electron chi connectivity index (χ1n) is 16.6. The third-order valence-electron chi connectivity index (χ3n) is 9.37. The lowest BCUT2D eigenvalue weighted by Gasteiger charge is -2.13. The Morgan fingerprint density at radius 1 is 0.380 bits per heavy atom. The molecular formula is C45H27N3OS. The Balaban J connectivity index is 1.16. The SMILES string of the molecule is c1ccc(-c2nc(-c3ccccc3-c3cccc(-c4cccc5c4sc4ccccc45)c3)nc(-c3cccc4oc5ccccc5c34)n2)cc1. The lowest BCUT2D eigenvalue weighted by Crippen LogP contribution is -2.01. The van der Waals surface area contributed by atoms with E-state index in [1.807, 2.05) is 72.0 Å². The summed E-state index contributed by atoms with van der Waals surface area (Å²) < 4.78 is 8.84. The van der Waals surface area contributed by atoms with Gasteiger partial charge in [0.25, 0.3) is 0 Å². The zero-order valence-corrected chi connectivity index (χ0v) is 27.6. The fourth-order valence-corrected chi connectivity index (χ4v) is 8.29. The molecule has 50 heavy (non-hydrogen) atoms. The minimum absolute atomic E-state index is 0.603. The van der Waals surface area contributed by atoms with Gasteiger partial charge in [0.15, 0.2) is 17.5 Å². The molecule has 0 unspecified atom stereocenters. The number of para-hydroxylation sites is 1. The molecule has 10 rings (SSSR count). The van der Waals surface area contributed by atoms with Crippen molar-refractivity contribution < 1.29 is 4.42 Å². The minimum Gasteiger partial charge on any atom is -0.456 e. The van der Waals surface area contributed by atoms with Gasteiger partial charge in [0.05, 0.1) is 0 Å². The van der Waals surface area contributed by atoms with E-state index in [9.17, 15) is 0 Å². The van der Waals surface area contributed by atoms with Crippen LogP contribution in [-0.2, 0) is 0 Å². The molecule has 4 nitrogen and oxygen atoms in total. The molecule has 0 aliphatic carbocycles. The second-order valence-corrected chi connectivity index (χ2v) is 13.4. The number of hydrogen-bond donors (Lipinski definition) is 0. The van der Waals surface area contributed by atoms with Crippen molar-refractivity contribution in [2.75, 3.05) is 0 Å². The highest BCUT2D eigenvalue weighted by atomic mass is 32.1. The number of hydrogen-bond acceptors (Lipinski definition) is 5. The summed E-state index contributed by atoms with van der Waals surface area (Å²) in [4.78, 5) is 15.4. The summed E-state index contributed by atoms with van der Waals surface area (Å²) in [5.41, 5.74) is 8.98. The maximum Gasteiger partial charge on any atom is 0.164 e. The topological polar surface area (TPSA) is 51.8 Å². The third-order valence-corrected chi connectivity index (χ3v) is 10.6. The van der Waals surface area contributed by atoms with Crippen LogP contribution in [0.1, 0.15) is 0 Å². The third kappa shape index (κ3) is 4.71. The van der Waals surface area contributed by atoms with Gasteiger partial charge in [-0.3, -0.25) is 0 Å². The van der Waals surface area contributed by atoms with Gasteiger partial charge in [0.1, 0.15) is 11.2 Å². The molecular weight excluding hydrogens is 631 g/mol. The summed E-state index contributed by atoms with van der Waals surface area (Å²) in [5, 5.41) is 4.62. The molecule has 0 atom stereocenters. The van der Waals surface area contributed by atoms with Crippen molar-refractivity contribution in [1.29, 1.82) is 0 Å². The number of fused-ring (bicyclic) bond motifs is 6. The Bertz CT molecular complexity index is 2890. The van der Waals surface area contributed by atoms with Crippen molar-refractivity contribution in [2.45, 2.75) is 0 Å². The van der Waals surface area contributed by atoms with Gasteiger partial charge in [0.2, 0.25) is 0 Å². The van der Waals surface area contributed by atoms with Gasteiger partial charge >= 0.3 is 0 Å². The number of nitrogens with zero attached hydrogens (tertiary/aromatic N) is 3. The molecule has 10 aromatic rings. The van der Waals surface area contributed by atoms with E-state index in [1.54, 1.807) is 0 Å². The van der Waals surface area contributed by atoms with E-state index < -0.39 is 0 Å². The molecule has 7 aromatic carbocycles. The quantitative estimate of drug-likeness (QED) is 0.185. The van der Waals surface area contributed by atoms with E-state index in [-0.39, 0.29) is 0 Å². The Kier molecular flexibility index (Phi) is 6.64. The molecule has 0 bridgehead atoms. The van der Waals surface area contributed by atoms with Gasteiger partial charge in [-0.1, -0.05) is 140 Å². The largest absolute Gasteiger partial charge is 0.456 e. The molecule has 0 aliphatic rings. The molecule has 0 aliphatic heterocycles. The van der Waals surface area contributed by atoms with E-state index >= 15 is 0 Å². The Morgan fingerprint density at radius 3 is 1.82 bits per heavy atom. The summed E-state index contributed by atoms with van der Waals surface area (Å²) >= 11 is 1.85. The molecule has 0 saturated heterocycles. The maximum absolute atomic E-state index is 6.24. The second kappa shape index (κ2) is 11.6. The molecule has 0 amide bonds. The van der Waals surface area contributed by atoms with Crippen molar-refractivity contribution in [3.8, 4) is 56.4 Å². The van der Waals surface area contributed by atoms with Crippen LogP contribution < -0.4 is 0 Å². The van der Waals surface area contributed by atoms with Crippen LogP contribution in [0.5, 0.6) is 0 Å². The number of benzene rings is 7. The van der Waals surface area contributed by atoms with Crippen molar-refractivity contribution in [3.05, 3.63) is 164 Å². The smallest absolute Gasteiger partial charge is 0.164 e. The highest BCUT2D eigenvalue weighted by molar-refractivity contribution is 7.26. The molecule has 5 heteroatoms. The molecule has 0 saturated carbocycles. The van der Waals surface area contributed by atoms with Crippen LogP contribution in [-0.4, -0.2) is 15.0 Å². The predicted octanol–water partition coefficient (Wildman–Crippen LogP) is 12.5. The first kappa shape index (κ1) is 28.6. The van der Waals surface area contributed by atoms with E-state index in [4.69, 9.17) is 19.4 Å². The monoisotopic (exact) mass is 657 g/mol. The normalized spacial score (nSPS) is 11.6.